The largest absolute Gasteiger partial charge is 0.494 e. The van der Waals surface area contributed by atoms with Crippen LogP contribution in [0.5, 0.6) is 5.75 Å². The fraction of sp³-hybridized carbons (Fsp3) is 0.774. The van der Waals surface area contributed by atoms with Crippen LogP contribution in [0.2, 0.25) is 0 Å². The smallest absolute Gasteiger partial charge is 0.159 e. The van der Waals surface area contributed by atoms with Crippen molar-refractivity contribution in [2.75, 3.05) is 20.8 Å². The maximum atomic E-state index is 13.8. The Morgan fingerprint density at radius 3 is 2.66 bits per heavy atom. The molecule has 3 saturated carbocycles. The Morgan fingerprint density at radius 1 is 1.16 bits per heavy atom. The third kappa shape index (κ3) is 4.47. The second kappa shape index (κ2) is 10.2. The van der Waals surface area contributed by atoms with Crippen LogP contribution < -0.4 is 4.74 Å². The minimum atomic E-state index is -0.557. The van der Waals surface area contributed by atoms with Crippen molar-refractivity contribution in [3.05, 3.63) is 18.2 Å². The number of Topliss-reactive ketones (excluding diaryl/α,β-unsaturated/α-hetero) is 1. The van der Waals surface area contributed by atoms with Crippen molar-refractivity contribution < 1.29 is 19.4 Å². The van der Waals surface area contributed by atoms with E-state index in [2.05, 4.69) is 31.0 Å². The molecule has 0 radical (unpaired) electrons. The number of aliphatic hydroxyl groups is 1. The van der Waals surface area contributed by atoms with Crippen molar-refractivity contribution >= 4 is 16.8 Å². The number of nitrogens with zero attached hydrogens (tertiary/aromatic N) is 3. The Bertz CT molecular complexity index is 1160. The first-order valence-corrected chi connectivity index (χ1v) is 14.7. The maximum Gasteiger partial charge on any atom is 0.159 e. The molecule has 0 spiro atoms. The molecular formula is C31H47N3O4. The molecule has 38 heavy (non-hydrogen) atoms. The average molecular weight is 526 g/mol. The van der Waals surface area contributed by atoms with Crippen LogP contribution in [0, 0.1) is 40.4 Å². The second-order valence-electron chi connectivity index (χ2n) is 13.2. The van der Waals surface area contributed by atoms with Crippen LogP contribution in [0.1, 0.15) is 79.1 Å². The van der Waals surface area contributed by atoms with E-state index < -0.39 is 5.60 Å². The van der Waals surface area contributed by atoms with Crippen LogP contribution in [-0.2, 0) is 16.1 Å². The van der Waals surface area contributed by atoms with Crippen LogP contribution >= 0.6 is 0 Å². The average Bonchev–Trinajstić information content (AvgIpc) is 3.30. The van der Waals surface area contributed by atoms with Crippen molar-refractivity contribution in [1.29, 1.82) is 0 Å². The van der Waals surface area contributed by atoms with Gasteiger partial charge in [-0.05, 0) is 98.5 Å². The number of carbonyl (C=O) groups is 1. The van der Waals surface area contributed by atoms with E-state index in [1.807, 2.05) is 32.2 Å². The molecule has 1 aromatic carbocycles. The van der Waals surface area contributed by atoms with Crippen molar-refractivity contribution in [3.63, 3.8) is 0 Å². The van der Waals surface area contributed by atoms with Gasteiger partial charge in [0.2, 0.25) is 0 Å². The van der Waals surface area contributed by atoms with Gasteiger partial charge in [-0.2, -0.15) is 9.90 Å². The van der Waals surface area contributed by atoms with E-state index in [1.165, 1.54) is 6.42 Å². The SMILES string of the molecule is CC[C@H]1[C@@H]2CC[C@H]3C[C@](C)(O)CC[C@]3(COC)[C@H]2CC[C@]1(C)[C@H](C)C(=O)Cn1nc2cccc(OC)c2n1. The Hall–Kier alpha value is -1.99. The molecule has 1 N–H and O–H groups in total. The number of rotatable bonds is 8. The van der Waals surface area contributed by atoms with E-state index in [0.29, 0.717) is 34.9 Å². The van der Waals surface area contributed by atoms with E-state index in [1.54, 1.807) is 11.9 Å². The summed E-state index contributed by atoms with van der Waals surface area (Å²) in [5.74, 6) is 3.01. The fourth-order valence-electron chi connectivity index (χ4n) is 9.27. The Balaban J connectivity index is 1.37. The molecular weight excluding hydrogens is 478 g/mol. The first-order chi connectivity index (χ1) is 18.1. The molecule has 5 rings (SSSR count). The van der Waals surface area contributed by atoms with E-state index in [-0.39, 0.29) is 29.1 Å². The number of ether oxygens (including phenoxy) is 2. The molecule has 0 unspecified atom stereocenters. The first kappa shape index (κ1) is 27.6. The standard InChI is InChI=1S/C31H47N3O4/c1-7-23-22-12-11-21-17-29(3,36)15-16-31(21,19-37-5)24(22)13-14-30(23,4)20(2)26(35)18-34-32-25-9-8-10-27(38-6)28(25)33-34/h8-10,20-24,36H,7,11-19H2,1-6H3/t20-,21+,22+,23+,24+,29-,30-,31-/m1/s1. The quantitative estimate of drug-likeness (QED) is 0.477. The third-order valence-corrected chi connectivity index (χ3v) is 11.3. The van der Waals surface area contributed by atoms with Gasteiger partial charge in [0.1, 0.15) is 17.8 Å². The van der Waals surface area contributed by atoms with Crippen LogP contribution in [0.3, 0.4) is 0 Å². The van der Waals surface area contributed by atoms with Gasteiger partial charge in [0.15, 0.2) is 11.3 Å². The highest BCUT2D eigenvalue weighted by atomic mass is 16.5. The fourth-order valence-corrected chi connectivity index (χ4v) is 9.27. The minimum absolute atomic E-state index is 0.0570. The Morgan fingerprint density at radius 2 is 1.95 bits per heavy atom. The van der Waals surface area contributed by atoms with Gasteiger partial charge in [0.05, 0.1) is 19.3 Å². The third-order valence-electron chi connectivity index (χ3n) is 11.3. The zero-order valence-corrected chi connectivity index (χ0v) is 24.2. The molecule has 0 saturated heterocycles. The zero-order chi connectivity index (χ0) is 27.3. The lowest BCUT2D eigenvalue weighted by Gasteiger charge is -2.63. The van der Waals surface area contributed by atoms with Crippen molar-refractivity contribution in [1.82, 2.24) is 15.0 Å². The zero-order valence-electron chi connectivity index (χ0n) is 24.2. The Labute approximate surface area is 227 Å². The van der Waals surface area contributed by atoms with Crippen molar-refractivity contribution in [3.8, 4) is 5.75 Å². The predicted octanol–water partition coefficient (Wildman–Crippen LogP) is 5.68. The normalized spacial score (nSPS) is 37.9. The number of aromatic nitrogens is 3. The minimum Gasteiger partial charge on any atom is -0.494 e. The van der Waals surface area contributed by atoms with Gasteiger partial charge in [0.25, 0.3) is 0 Å². The molecule has 3 aliphatic rings. The van der Waals surface area contributed by atoms with Crippen molar-refractivity contribution in [2.45, 2.75) is 91.2 Å². The highest BCUT2D eigenvalue weighted by Gasteiger charge is 2.60. The molecule has 8 atom stereocenters. The molecule has 7 nitrogen and oxygen atoms in total. The van der Waals surface area contributed by atoms with Gasteiger partial charge in [-0.15, -0.1) is 5.10 Å². The number of hydrogen-bond acceptors (Lipinski definition) is 6. The van der Waals surface area contributed by atoms with E-state index in [4.69, 9.17) is 9.47 Å². The summed E-state index contributed by atoms with van der Waals surface area (Å²) in [6.07, 6.45) is 8.41. The summed E-state index contributed by atoms with van der Waals surface area (Å²) in [5.41, 5.74) is 0.978. The summed E-state index contributed by atoms with van der Waals surface area (Å²) >= 11 is 0. The van der Waals surface area contributed by atoms with Gasteiger partial charge >= 0.3 is 0 Å². The highest BCUT2D eigenvalue weighted by Crippen LogP contribution is 2.65. The van der Waals surface area contributed by atoms with Crippen LogP contribution in [0.25, 0.3) is 11.0 Å². The van der Waals surface area contributed by atoms with Gasteiger partial charge < -0.3 is 14.6 Å². The summed E-state index contributed by atoms with van der Waals surface area (Å²) in [5, 5.41) is 20.1. The number of fused-ring (bicyclic) bond motifs is 4. The number of ketones is 1. The summed E-state index contributed by atoms with van der Waals surface area (Å²) in [6.45, 7) is 9.82. The molecule has 2 aromatic rings. The maximum absolute atomic E-state index is 13.8. The predicted molar refractivity (Wildman–Crippen MR) is 148 cm³/mol. The van der Waals surface area contributed by atoms with Crippen molar-refractivity contribution in [2.24, 2.45) is 40.4 Å². The van der Waals surface area contributed by atoms with Crippen LogP contribution in [-0.4, -0.2) is 52.3 Å². The molecule has 0 amide bonds. The molecule has 1 heterocycles. The first-order valence-electron chi connectivity index (χ1n) is 14.7. The summed E-state index contributed by atoms with van der Waals surface area (Å²) in [6, 6.07) is 5.67. The monoisotopic (exact) mass is 525 g/mol. The summed E-state index contributed by atoms with van der Waals surface area (Å²) in [4.78, 5) is 15.3. The molecule has 0 bridgehead atoms. The van der Waals surface area contributed by atoms with Gasteiger partial charge in [0, 0.05) is 13.0 Å². The summed E-state index contributed by atoms with van der Waals surface area (Å²) < 4.78 is 11.3. The molecule has 7 heteroatoms. The van der Waals surface area contributed by atoms with Gasteiger partial charge in [-0.25, -0.2) is 0 Å². The molecule has 3 fully saturated rings. The van der Waals surface area contributed by atoms with E-state index in [9.17, 15) is 9.90 Å². The van der Waals surface area contributed by atoms with E-state index >= 15 is 0 Å². The topological polar surface area (TPSA) is 86.5 Å². The number of hydrogen-bond donors (Lipinski definition) is 1. The Kier molecular flexibility index (Phi) is 7.40. The summed E-state index contributed by atoms with van der Waals surface area (Å²) in [7, 11) is 3.47. The number of methoxy groups -OCH3 is 2. The second-order valence-corrected chi connectivity index (χ2v) is 13.2. The molecule has 210 valence electrons. The molecule has 0 aliphatic heterocycles. The number of carbonyl (C=O) groups excluding carboxylic acids is 1. The molecule has 1 aromatic heterocycles. The highest BCUT2D eigenvalue weighted by molar-refractivity contribution is 5.83. The van der Waals surface area contributed by atoms with Gasteiger partial charge in [-0.3, -0.25) is 4.79 Å². The lowest BCUT2D eigenvalue weighted by atomic mass is 9.42. The van der Waals surface area contributed by atoms with Crippen LogP contribution in [0.4, 0.5) is 0 Å². The molecule has 3 aliphatic carbocycles. The lowest BCUT2D eigenvalue weighted by Crippen LogP contribution is -2.59. The number of benzene rings is 1. The van der Waals surface area contributed by atoms with Gasteiger partial charge in [-0.1, -0.05) is 33.3 Å². The lowest BCUT2D eigenvalue weighted by molar-refractivity contribution is -0.182. The van der Waals surface area contributed by atoms with Crippen LogP contribution in [0.15, 0.2) is 18.2 Å². The van der Waals surface area contributed by atoms with E-state index in [0.717, 1.165) is 57.1 Å².